The van der Waals surface area contributed by atoms with Crippen LogP contribution in [0.25, 0.3) is 22.2 Å². The summed E-state index contributed by atoms with van der Waals surface area (Å²) in [5.74, 6) is -0.430. The van der Waals surface area contributed by atoms with Crippen molar-refractivity contribution < 1.29 is 9.18 Å². The lowest BCUT2D eigenvalue weighted by atomic mass is 10.2. The largest absolute Gasteiger partial charge is 0.383 e. The van der Waals surface area contributed by atoms with Crippen molar-refractivity contribution in [3.8, 4) is 0 Å². The van der Waals surface area contributed by atoms with Crippen LogP contribution in [0.15, 0.2) is 53.6 Å². The van der Waals surface area contributed by atoms with E-state index in [-0.39, 0.29) is 29.1 Å². The number of aromatic nitrogens is 3. The average molecular weight is 416 g/mol. The number of hydrogen-bond donors (Lipinski definition) is 2. The molecular weight excluding hydrogens is 395 g/mol. The van der Waals surface area contributed by atoms with Crippen LogP contribution in [-0.2, 0) is 0 Å². The Balaban J connectivity index is 1.64. The lowest BCUT2D eigenvalue weighted by Gasteiger charge is -2.11. The predicted molar refractivity (Wildman–Crippen MR) is 119 cm³/mol. The first-order valence-corrected chi connectivity index (χ1v) is 10.3. The van der Waals surface area contributed by atoms with E-state index in [4.69, 9.17) is 5.73 Å². The van der Waals surface area contributed by atoms with Crippen LogP contribution in [0.5, 0.6) is 0 Å². The summed E-state index contributed by atoms with van der Waals surface area (Å²) in [6, 6.07) is 13.5. The van der Waals surface area contributed by atoms with Gasteiger partial charge >= 0.3 is 0 Å². The average Bonchev–Trinajstić information content (AvgIpc) is 3.37. The van der Waals surface area contributed by atoms with E-state index < -0.39 is 0 Å². The fraction of sp³-hybridized carbons (Fsp3) is 0.217. The second-order valence-electron chi connectivity index (χ2n) is 7.71. The lowest BCUT2D eigenvalue weighted by Crippen LogP contribution is -2.33. The molecule has 0 bridgehead atoms. The van der Waals surface area contributed by atoms with E-state index in [1.807, 2.05) is 24.3 Å². The highest BCUT2D eigenvalue weighted by molar-refractivity contribution is 6.10. The Morgan fingerprint density at radius 2 is 1.77 bits per heavy atom. The van der Waals surface area contributed by atoms with Gasteiger partial charge in [0.15, 0.2) is 5.65 Å². The molecule has 2 aromatic carbocycles. The van der Waals surface area contributed by atoms with Crippen LogP contribution in [0.2, 0.25) is 0 Å². The van der Waals surface area contributed by atoms with E-state index in [0.717, 1.165) is 25.7 Å². The first-order valence-electron chi connectivity index (χ1n) is 10.3. The molecule has 156 valence electrons. The normalized spacial score (nSPS) is 14.7. The number of nitrogens with one attached hydrogen (secondary N) is 1. The van der Waals surface area contributed by atoms with Crippen molar-refractivity contribution in [1.82, 2.24) is 20.0 Å². The van der Waals surface area contributed by atoms with Crippen molar-refractivity contribution in [3.05, 3.63) is 65.5 Å². The highest BCUT2D eigenvalue weighted by Gasteiger charge is 2.26. The molecule has 0 atom stereocenters. The summed E-state index contributed by atoms with van der Waals surface area (Å²) in [6.45, 7) is 0. The molecule has 8 heteroatoms. The van der Waals surface area contributed by atoms with Gasteiger partial charge in [0.1, 0.15) is 22.7 Å². The van der Waals surface area contributed by atoms with E-state index in [1.165, 1.54) is 16.8 Å². The van der Waals surface area contributed by atoms with Crippen molar-refractivity contribution in [2.24, 2.45) is 5.10 Å². The summed E-state index contributed by atoms with van der Waals surface area (Å²) in [7, 11) is 0. The predicted octanol–water partition coefficient (Wildman–Crippen LogP) is 3.86. The topological polar surface area (TPSA) is 98.2 Å². The Labute approximate surface area is 177 Å². The lowest BCUT2D eigenvalue weighted by molar-refractivity contribution is 0.0940. The summed E-state index contributed by atoms with van der Waals surface area (Å²) < 4.78 is 14.6. The molecule has 1 aliphatic carbocycles. The smallest absolute Gasteiger partial charge is 0.257 e. The van der Waals surface area contributed by atoms with E-state index in [9.17, 15) is 9.18 Å². The molecule has 0 spiro atoms. The highest BCUT2D eigenvalue weighted by atomic mass is 19.1. The van der Waals surface area contributed by atoms with Gasteiger partial charge in [0.05, 0.1) is 17.2 Å². The van der Waals surface area contributed by atoms with E-state index in [0.29, 0.717) is 27.8 Å². The molecular formula is C23H21FN6O. The summed E-state index contributed by atoms with van der Waals surface area (Å²) in [5.41, 5.74) is 9.50. The van der Waals surface area contributed by atoms with Crippen LogP contribution in [0.4, 0.5) is 10.2 Å². The van der Waals surface area contributed by atoms with Crippen molar-refractivity contribution >= 4 is 40.1 Å². The zero-order chi connectivity index (χ0) is 21.4. The number of rotatable bonds is 4. The van der Waals surface area contributed by atoms with Crippen LogP contribution in [-0.4, -0.2) is 32.8 Å². The van der Waals surface area contributed by atoms with Crippen LogP contribution in [0.1, 0.15) is 41.6 Å². The molecule has 1 fully saturated rings. The van der Waals surface area contributed by atoms with E-state index in [2.05, 4.69) is 20.4 Å². The van der Waals surface area contributed by atoms with Gasteiger partial charge in [0, 0.05) is 6.04 Å². The number of halogens is 1. The van der Waals surface area contributed by atoms with Gasteiger partial charge in [0.2, 0.25) is 0 Å². The van der Waals surface area contributed by atoms with Gasteiger partial charge in [-0.05, 0) is 42.7 Å². The number of carbonyl (C=O) groups is 1. The first-order chi connectivity index (χ1) is 15.1. The van der Waals surface area contributed by atoms with Crippen LogP contribution >= 0.6 is 0 Å². The summed E-state index contributed by atoms with van der Waals surface area (Å²) in [5, 5.41) is 7.51. The molecule has 0 unspecified atom stereocenters. The quantitative estimate of drug-likeness (QED) is 0.494. The number of anilines is 1. The fourth-order valence-electron chi connectivity index (χ4n) is 3.99. The first kappa shape index (κ1) is 19.2. The third kappa shape index (κ3) is 3.61. The summed E-state index contributed by atoms with van der Waals surface area (Å²) in [4.78, 5) is 22.5. The zero-order valence-electron chi connectivity index (χ0n) is 16.8. The van der Waals surface area contributed by atoms with Crippen LogP contribution in [0, 0.1) is 5.82 Å². The Morgan fingerprint density at radius 3 is 2.48 bits per heavy atom. The minimum atomic E-state index is -0.328. The molecule has 2 heterocycles. The van der Waals surface area contributed by atoms with Crippen molar-refractivity contribution in [3.63, 3.8) is 0 Å². The second-order valence-corrected chi connectivity index (χ2v) is 7.71. The molecule has 1 aliphatic rings. The molecule has 7 nitrogen and oxygen atoms in total. The number of para-hydroxylation sites is 2. The van der Waals surface area contributed by atoms with Gasteiger partial charge < -0.3 is 11.1 Å². The van der Waals surface area contributed by atoms with E-state index >= 15 is 0 Å². The van der Waals surface area contributed by atoms with Gasteiger partial charge in [-0.25, -0.2) is 14.4 Å². The molecule has 0 aliphatic heterocycles. The molecule has 4 aromatic rings. The fourth-order valence-corrected chi connectivity index (χ4v) is 3.99. The summed E-state index contributed by atoms with van der Waals surface area (Å²) >= 11 is 0. The standard InChI is InChI=1S/C23H21FN6O/c24-15-11-9-14(10-12-15)13-26-30-21(25)19(23(31)27-16-5-1-2-6-16)20-22(30)29-18-8-4-3-7-17(18)28-20/h3-4,7-13,16H,1-2,5-6,25H2,(H,27,31). The van der Waals surface area contributed by atoms with Gasteiger partial charge in [-0.2, -0.15) is 9.78 Å². The molecule has 31 heavy (non-hydrogen) atoms. The molecule has 0 saturated heterocycles. The number of hydrogen-bond acceptors (Lipinski definition) is 5. The highest BCUT2D eigenvalue weighted by Crippen LogP contribution is 2.28. The summed E-state index contributed by atoms with van der Waals surface area (Å²) in [6.07, 6.45) is 5.68. The molecule has 1 amide bonds. The SMILES string of the molecule is Nc1c(C(=O)NC2CCCC2)c2nc3ccccc3nc2n1N=Cc1ccc(F)cc1. The van der Waals surface area contributed by atoms with Gasteiger partial charge in [0.25, 0.3) is 5.91 Å². The maximum Gasteiger partial charge on any atom is 0.257 e. The van der Waals surface area contributed by atoms with E-state index in [1.54, 1.807) is 18.3 Å². The van der Waals surface area contributed by atoms with Crippen molar-refractivity contribution in [2.75, 3.05) is 5.73 Å². The molecule has 2 aromatic heterocycles. The number of nitrogens with zero attached hydrogens (tertiary/aromatic N) is 4. The van der Waals surface area contributed by atoms with Gasteiger partial charge in [-0.15, -0.1) is 0 Å². The van der Waals surface area contributed by atoms with Crippen LogP contribution in [0.3, 0.4) is 0 Å². The monoisotopic (exact) mass is 416 g/mol. The number of nitrogen functional groups attached to an aromatic ring is 1. The maximum absolute atomic E-state index is 13.2. The second kappa shape index (κ2) is 7.79. The maximum atomic E-state index is 13.2. The zero-order valence-corrected chi connectivity index (χ0v) is 16.8. The van der Waals surface area contributed by atoms with Crippen LogP contribution < -0.4 is 11.1 Å². The Morgan fingerprint density at radius 1 is 1.10 bits per heavy atom. The third-order valence-corrected chi connectivity index (χ3v) is 5.58. The minimum Gasteiger partial charge on any atom is -0.383 e. The Kier molecular flexibility index (Phi) is 4.82. The number of fused-ring (bicyclic) bond motifs is 2. The number of amides is 1. The number of benzene rings is 2. The van der Waals surface area contributed by atoms with Gasteiger partial charge in [-0.1, -0.05) is 37.1 Å². The third-order valence-electron chi connectivity index (χ3n) is 5.58. The molecule has 3 N–H and O–H groups in total. The molecule has 1 saturated carbocycles. The minimum absolute atomic E-state index is 0.140. The molecule has 5 rings (SSSR count). The van der Waals surface area contributed by atoms with Gasteiger partial charge in [-0.3, -0.25) is 4.79 Å². The number of carbonyl (C=O) groups excluding carboxylic acids is 1. The van der Waals surface area contributed by atoms with Crippen molar-refractivity contribution in [1.29, 1.82) is 0 Å². The van der Waals surface area contributed by atoms with Crippen molar-refractivity contribution in [2.45, 2.75) is 31.7 Å². The number of nitrogens with two attached hydrogens (primary N) is 1. The Bertz CT molecular complexity index is 1310. The Hall–Kier alpha value is -3.81. The molecule has 0 radical (unpaired) electrons.